The molecule has 0 aromatic carbocycles. The van der Waals surface area contributed by atoms with E-state index in [0.717, 1.165) is 12.3 Å². The summed E-state index contributed by atoms with van der Waals surface area (Å²) in [5.74, 6) is 0.893. The molecular weight excluding hydrogens is 240 g/mol. The fourth-order valence-corrected chi connectivity index (χ4v) is 1.81. The van der Waals surface area contributed by atoms with E-state index in [2.05, 4.69) is 46.4 Å². The van der Waals surface area contributed by atoms with Crippen LogP contribution in [0.3, 0.4) is 0 Å². The summed E-state index contributed by atoms with van der Waals surface area (Å²) in [5, 5.41) is 0. The van der Waals surface area contributed by atoms with Gasteiger partial charge in [-0.2, -0.15) is 0 Å². The van der Waals surface area contributed by atoms with Crippen LogP contribution in [-0.4, -0.2) is 0 Å². The highest BCUT2D eigenvalue weighted by Crippen LogP contribution is 2.12. The Morgan fingerprint density at radius 2 is 1.40 bits per heavy atom. The lowest BCUT2D eigenvalue weighted by Gasteiger charge is -2.03. The monoisotopic (exact) mass is 280 g/mol. The van der Waals surface area contributed by atoms with Gasteiger partial charge >= 0.3 is 0 Å². The molecule has 0 aromatic rings. The summed E-state index contributed by atoms with van der Waals surface area (Å²) in [6, 6.07) is 0. The molecule has 0 nitrogen and oxygen atoms in total. The van der Waals surface area contributed by atoms with Crippen molar-refractivity contribution in [3.05, 3.63) is 24.3 Å². The van der Waals surface area contributed by atoms with Gasteiger partial charge in [-0.15, -0.1) is 6.58 Å². The molecule has 0 saturated heterocycles. The summed E-state index contributed by atoms with van der Waals surface area (Å²) in [6.07, 6.45) is 18.2. The predicted octanol–water partition coefficient (Wildman–Crippen LogP) is 7.70. The summed E-state index contributed by atoms with van der Waals surface area (Å²) >= 11 is 0. The first kappa shape index (κ1) is 21.8. The quantitative estimate of drug-likeness (QED) is 0.268. The first-order valence-corrected chi connectivity index (χ1v) is 8.83. The molecular formula is C20H40. The second-order valence-electron chi connectivity index (χ2n) is 6.28. The Hall–Kier alpha value is -0.520. The zero-order chi connectivity index (χ0) is 15.6. The van der Waals surface area contributed by atoms with Crippen molar-refractivity contribution < 1.29 is 0 Å². The third-order valence-electron chi connectivity index (χ3n) is 3.41. The summed E-state index contributed by atoms with van der Waals surface area (Å²) in [6.45, 7) is 14.6. The molecule has 0 unspecified atom stereocenters. The molecule has 0 saturated carbocycles. The molecule has 0 bridgehead atoms. The van der Waals surface area contributed by atoms with Crippen LogP contribution in [0.15, 0.2) is 24.3 Å². The van der Waals surface area contributed by atoms with E-state index in [1.165, 1.54) is 63.4 Å². The molecule has 0 aromatic heterocycles. The van der Waals surface area contributed by atoms with E-state index >= 15 is 0 Å². The second-order valence-corrected chi connectivity index (χ2v) is 6.28. The molecule has 0 fully saturated rings. The van der Waals surface area contributed by atoms with Gasteiger partial charge in [0.2, 0.25) is 0 Å². The Morgan fingerprint density at radius 1 is 0.900 bits per heavy atom. The van der Waals surface area contributed by atoms with Gasteiger partial charge in [0.1, 0.15) is 0 Å². The van der Waals surface area contributed by atoms with E-state index in [0.29, 0.717) is 0 Å². The highest BCUT2D eigenvalue weighted by molar-refractivity contribution is 4.84. The minimum atomic E-state index is 0.893. The smallest absolute Gasteiger partial charge is 0.0351 e. The number of rotatable bonds is 11. The Bertz CT molecular complexity index is 210. The number of allylic oxidation sites excluding steroid dienone is 3. The van der Waals surface area contributed by atoms with E-state index in [1.54, 1.807) is 0 Å². The van der Waals surface area contributed by atoms with Crippen molar-refractivity contribution in [1.82, 2.24) is 0 Å². The summed E-state index contributed by atoms with van der Waals surface area (Å²) in [5.41, 5.74) is 1.25. The third kappa shape index (κ3) is 26.1. The Kier molecular flexibility index (Phi) is 20.1. The van der Waals surface area contributed by atoms with Crippen molar-refractivity contribution >= 4 is 0 Å². The van der Waals surface area contributed by atoms with Crippen molar-refractivity contribution in [1.29, 1.82) is 0 Å². The molecule has 0 heterocycles. The zero-order valence-corrected chi connectivity index (χ0v) is 15.0. The van der Waals surface area contributed by atoms with E-state index in [-0.39, 0.29) is 0 Å². The fourth-order valence-electron chi connectivity index (χ4n) is 1.81. The van der Waals surface area contributed by atoms with Crippen LogP contribution in [0.25, 0.3) is 0 Å². The van der Waals surface area contributed by atoms with Crippen LogP contribution < -0.4 is 0 Å². The van der Waals surface area contributed by atoms with Gasteiger partial charge in [0.25, 0.3) is 0 Å². The van der Waals surface area contributed by atoms with Crippen molar-refractivity contribution in [3.8, 4) is 0 Å². The van der Waals surface area contributed by atoms with Crippen LogP contribution in [0.5, 0.6) is 0 Å². The highest BCUT2D eigenvalue weighted by atomic mass is 14.0. The van der Waals surface area contributed by atoms with Crippen molar-refractivity contribution in [2.75, 3.05) is 0 Å². The molecule has 0 aliphatic heterocycles. The van der Waals surface area contributed by atoms with Gasteiger partial charge in [-0.05, 0) is 38.5 Å². The van der Waals surface area contributed by atoms with Gasteiger partial charge < -0.3 is 0 Å². The van der Waals surface area contributed by atoms with Gasteiger partial charge in [0.15, 0.2) is 0 Å². The van der Waals surface area contributed by atoms with E-state index < -0.39 is 0 Å². The fraction of sp³-hybridized carbons (Fsp3) is 0.800. The van der Waals surface area contributed by atoms with Gasteiger partial charge in [0.05, 0.1) is 0 Å². The molecule has 0 amide bonds. The van der Waals surface area contributed by atoms with Crippen LogP contribution in [-0.2, 0) is 0 Å². The maximum atomic E-state index is 3.67. The number of hydrogen-bond donors (Lipinski definition) is 0. The normalized spacial score (nSPS) is 10.7. The predicted molar refractivity (Wildman–Crippen MR) is 96.3 cm³/mol. The first-order chi connectivity index (χ1) is 9.54. The maximum Gasteiger partial charge on any atom is -0.0351 e. The largest absolute Gasteiger partial charge is 0.100 e. The van der Waals surface area contributed by atoms with Gasteiger partial charge in [-0.25, -0.2) is 0 Å². The summed E-state index contributed by atoms with van der Waals surface area (Å²) < 4.78 is 0. The van der Waals surface area contributed by atoms with Crippen LogP contribution >= 0.6 is 0 Å². The molecule has 0 atom stereocenters. The molecule has 0 aliphatic carbocycles. The number of unbranched alkanes of at least 4 members (excludes halogenated alkanes) is 6. The molecule has 0 heteroatoms. The van der Waals surface area contributed by atoms with Crippen LogP contribution in [0.4, 0.5) is 0 Å². The number of hydrogen-bond acceptors (Lipinski definition) is 0. The molecule has 0 radical (unpaired) electrons. The minimum absolute atomic E-state index is 0.893. The zero-order valence-electron chi connectivity index (χ0n) is 15.0. The van der Waals surface area contributed by atoms with Crippen molar-refractivity contribution in [3.63, 3.8) is 0 Å². The second kappa shape index (κ2) is 18.5. The third-order valence-corrected chi connectivity index (χ3v) is 3.41. The molecule has 20 heavy (non-hydrogen) atoms. The highest BCUT2D eigenvalue weighted by Gasteiger charge is 1.94. The van der Waals surface area contributed by atoms with Crippen molar-refractivity contribution in [2.24, 2.45) is 5.92 Å². The van der Waals surface area contributed by atoms with Gasteiger partial charge in [0, 0.05) is 0 Å². The lowest BCUT2D eigenvalue weighted by Crippen LogP contribution is -1.87. The van der Waals surface area contributed by atoms with Gasteiger partial charge in [-0.3, -0.25) is 0 Å². The summed E-state index contributed by atoms with van der Waals surface area (Å²) in [7, 11) is 0. The van der Waals surface area contributed by atoms with Crippen molar-refractivity contribution in [2.45, 2.75) is 98.8 Å². The van der Waals surface area contributed by atoms with Crippen LogP contribution in [0, 0.1) is 5.92 Å². The van der Waals surface area contributed by atoms with E-state index in [1.807, 2.05) is 6.92 Å². The van der Waals surface area contributed by atoms with E-state index in [9.17, 15) is 0 Å². The lowest BCUT2D eigenvalue weighted by molar-refractivity contribution is 0.512. The van der Waals surface area contributed by atoms with E-state index in [4.69, 9.17) is 0 Å². The maximum absolute atomic E-state index is 3.67. The molecule has 0 aliphatic rings. The molecule has 0 N–H and O–H groups in total. The standard InChI is InChI=1S/C15H30.C5H10/c1-4-5-6-7-8-9-10-11-12-13-14-15(2)3;1-4-5(2)3/h5-6,15H,4,7-14H2,1-3H3;2,4H2,1,3H3/b6-5-;. The Balaban J connectivity index is 0. The average Bonchev–Trinajstić information content (AvgIpc) is 2.41. The average molecular weight is 281 g/mol. The molecule has 120 valence electrons. The topological polar surface area (TPSA) is 0 Å². The Morgan fingerprint density at radius 3 is 1.85 bits per heavy atom. The minimum Gasteiger partial charge on any atom is -0.100 e. The SMILES string of the molecule is C=C(C)CC.CC/C=C\CCCCCCCCC(C)C. The molecule has 0 spiro atoms. The first-order valence-electron chi connectivity index (χ1n) is 8.83. The van der Waals surface area contributed by atoms with Crippen LogP contribution in [0.1, 0.15) is 98.8 Å². The lowest BCUT2D eigenvalue weighted by atomic mass is 10.0. The summed E-state index contributed by atoms with van der Waals surface area (Å²) in [4.78, 5) is 0. The van der Waals surface area contributed by atoms with Gasteiger partial charge in [-0.1, -0.05) is 83.9 Å². The van der Waals surface area contributed by atoms with Crippen LogP contribution in [0.2, 0.25) is 0 Å². The Labute approximate surface area is 129 Å². The molecule has 0 rings (SSSR count).